The molecule has 1 saturated heterocycles. The molecular formula is C17H21N3O2S. The van der Waals surface area contributed by atoms with Crippen LogP contribution >= 0.6 is 11.3 Å². The van der Waals surface area contributed by atoms with Crippen molar-refractivity contribution in [3.63, 3.8) is 0 Å². The molecule has 6 heteroatoms. The highest BCUT2D eigenvalue weighted by Gasteiger charge is 2.36. The number of rotatable bonds is 4. The van der Waals surface area contributed by atoms with Crippen molar-refractivity contribution < 1.29 is 9.53 Å². The largest absolute Gasteiger partial charge is 0.381 e. The van der Waals surface area contributed by atoms with Gasteiger partial charge in [-0.2, -0.15) is 0 Å². The first kappa shape index (κ1) is 14.9. The summed E-state index contributed by atoms with van der Waals surface area (Å²) in [5.74, 6) is 0.0491. The first-order valence-electron chi connectivity index (χ1n) is 8.25. The van der Waals surface area contributed by atoms with Crippen LogP contribution in [0.15, 0.2) is 24.5 Å². The third-order valence-electron chi connectivity index (χ3n) is 4.91. The first-order chi connectivity index (χ1) is 11.3. The third-order valence-corrected chi connectivity index (χ3v) is 5.98. The van der Waals surface area contributed by atoms with Crippen molar-refractivity contribution >= 4 is 22.4 Å². The van der Waals surface area contributed by atoms with E-state index in [-0.39, 0.29) is 11.4 Å². The van der Waals surface area contributed by atoms with Crippen LogP contribution in [0, 0.1) is 0 Å². The number of carbonyl (C=O) groups is 1. The first-order valence-corrected chi connectivity index (χ1v) is 9.06. The maximum atomic E-state index is 12.6. The van der Waals surface area contributed by atoms with Crippen LogP contribution in [-0.4, -0.2) is 28.7 Å². The smallest absolute Gasteiger partial charge is 0.228 e. The Balaban J connectivity index is 1.48. The highest BCUT2D eigenvalue weighted by Crippen LogP contribution is 2.34. The fraction of sp³-hybridized carbons (Fsp3) is 0.529. The zero-order chi connectivity index (χ0) is 15.7. The highest BCUT2D eigenvalue weighted by molar-refractivity contribution is 7.15. The van der Waals surface area contributed by atoms with Gasteiger partial charge in [0.15, 0.2) is 5.13 Å². The van der Waals surface area contributed by atoms with Crippen molar-refractivity contribution in [3.05, 3.63) is 35.1 Å². The molecule has 1 N–H and O–H groups in total. The molecule has 2 aliphatic rings. The Morgan fingerprint density at radius 3 is 2.83 bits per heavy atom. The summed E-state index contributed by atoms with van der Waals surface area (Å²) in [6.07, 6.45) is 9.65. The zero-order valence-electron chi connectivity index (χ0n) is 13.1. The molecule has 23 heavy (non-hydrogen) atoms. The number of ether oxygens (including phenoxy) is 1. The van der Waals surface area contributed by atoms with Gasteiger partial charge < -0.3 is 14.6 Å². The SMILES string of the molecule is O=C(CC1(n2cccc2)CCOCC1)Nc1nc2c(s1)CCC2. The van der Waals surface area contributed by atoms with E-state index in [4.69, 9.17) is 4.74 Å². The number of nitrogens with one attached hydrogen (secondary N) is 1. The lowest BCUT2D eigenvalue weighted by Gasteiger charge is -2.38. The lowest BCUT2D eigenvalue weighted by Crippen LogP contribution is -2.42. The minimum atomic E-state index is -0.175. The molecule has 3 heterocycles. The molecular weight excluding hydrogens is 310 g/mol. The number of aryl methyl sites for hydroxylation is 2. The Morgan fingerprint density at radius 1 is 1.30 bits per heavy atom. The van der Waals surface area contributed by atoms with Gasteiger partial charge >= 0.3 is 0 Å². The summed E-state index contributed by atoms with van der Waals surface area (Å²) < 4.78 is 7.69. The van der Waals surface area contributed by atoms with Crippen molar-refractivity contribution in [2.75, 3.05) is 18.5 Å². The predicted molar refractivity (Wildman–Crippen MR) is 89.8 cm³/mol. The summed E-state index contributed by atoms with van der Waals surface area (Å²) in [6.45, 7) is 1.41. The average Bonchev–Trinajstić information content (AvgIpc) is 3.24. The average molecular weight is 331 g/mol. The van der Waals surface area contributed by atoms with Crippen LogP contribution in [-0.2, 0) is 27.9 Å². The number of aromatic nitrogens is 2. The minimum absolute atomic E-state index is 0.0491. The monoisotopic (exact) mass is 331 g/mol. The van der Waals surface area contributed by atoms with Gasteiger partial charge in [0.05, 0.1) is 17.7 Å². The Morgan fingerprint density at radius 2 is 2.09 bits per heavy atom. The molecule has 0 atom stereocenters. The van der Waals surface area contributed by atoms with Gasteiger partial charge in [-0.05, 0) is 44.2 Å². The van der Waals surface area contributed by atoms with E-state index in [9.17, 15) is 4.79 Å². The van der Waals surface area contributed by atoms with E-state index in [1.54, 1.807) is 11.3 Å². The van der Waals surface area contributed by atoms with E-state index in [1.165, 1.54) is 17.0 Å². The number of hydrogen-bond acceptors (Lipinski definition) is 4. The molecule has 1 fully saturated rings. The Kier molecular flexibility index (Phi) is 3.95. The summed E-state index contributed by atoms with van der Waals surface area (Å²) in [6, 6.07) is 4.03. The molecule has 0 aromatic carbocycles. The molecule has 0 unspecified atom stereocenters. The number of carbonyl (C=O) groups excluding carboxylic acids is 1. The summed E-state index contributed by atoms with van der Waals surface area (Å²) in [4.78, 5) is 18.5. The quantitative estimate of drug-likeness (QED) is 0.937. The van der Waals surface area contributed by atoms with E-state index < -0.39 is 0 Å². The molecule has 0 saturated carbocycles. The number of thiazole rings is 1. The van der Waals surface area contributed by atoms with Gasteiger partial charge in [0, 0.05) is 30.5 Å². The fourth-order valence-electron chi connectivity index (χ4n) is 3.63. The lowest BCUT2D eigenvalue weighted by atomic mass is 9.86. The van der Waals surface area contributed by atoms with E-state index in [0.29, 0.717) is 19.6 Å². The highest BCUT2D eigenvalue weighted by atomic mass is 32.1. The number of amides is 1. The second-order valence-electron chi connectivity index (χ2n) is 6.39. The molecule has 1 amide bonds. The lowest BCUT2D eigenvalue weighted by molar-refractivity contribution is -0.119. The maximum absolute atomic E-state index is 12.6. The van der Waals surface area contributed by atoms with Crippen molar-refractivity contribution in [2.45, 2.75) is 44.1 Å². The maximum Gasteiger partial charge on any atom is 0.228 e. The Bertz CT molecular complexity index is 665. The molecule has 2 aromatic rings. The summed E-state index contributed by atoms with van der Waals surface area (Å²) in [7, 11) is 0. The number of hydrogen-bond donors (Lipinski definition) is 1. The second-order valence-corrected chi connectivity index (χ2v) is 7.48. The molecule has 5 nitrogen and oxygen atoms in total. The Labute approximate surface area is 139 Å². The molecule has 122 valence electrons. The van der Waals surface area contributed by atoms with Crippen LogP contribution in [0.3, 0.4) is 0 Å². The van der Waals surface area contributed by atoms with Gasteiger partial charge in [-0.15, -0.1) is 11.3 Å². The van der Waals surface area contributed by atoms with Gasteiger partial charge in [0.25, 0.3) is 0 Å². The van der Waals surface area contributed by atoms with Gasteiger partial charge in [0.1, 0.15) is 0 Å². The molecule has 0 radical (unpaired) electrons. The van der Waals surface area contributed by atoms with Crippen molar-refractivity contribution in [3.8, 4) is 0 Å². The van der Waals surface area contributed by atoms with E-state index >= 15 is 0 Å². The standard InChI is InChI=1S/C17H21N3O2S/c21-15(19-16-18-13-4-3-5-14(13)23-16)12-17(6-10-22-11-7-17)20-8-1-2-9-20/h1-2,8-9H,3-7,10-12H2,(H,18,19,21). The van der Waals surface area contributed by atoms with Crippen LogP contribution in [0.5, 0.6) is 0 Å². The summed E-state index contributed by atoms with van der Waals surface area (Å²) in [5, 5.41) is 3.78. The number of nitrogens with zero attached hydrogens (tertiary/aromatic N) is 2. The predicted octanol–water partition coefficient (Wildman–Crippen LogP) is 2.97. The zero-order valence-corrected chi connectivity index (χ0v) is 13.9. The second kappa shape index (κ2) is 6.09. The van der Waals surface area contributed by atoms with Gasteiger partial charge in [-0.3, -0.25) is 4.79 Å². The molecule has 4 rings (SSSR count). The number of fused-ring (bicyclic) bond motifs is 1. The van der Waals surface area contributed by atoms with E-state index in [2.05, 4.69) is 27.3 Å². The van der Waals surface area contributed by atoms with E-state index in [1.807, 2.05) is 12.1 Å². The van der Waals surface area contributed by atoms with Crippen molar-refractivity contribution in [2.24, 2.45) is 0 Å². The van der Waals surface area contributed by atoms with Crippen molar-refractivity contribution in [1.29, 1.82) is 0 Å². The molecule has 1 aliphatic carbocycles. The van der Waals surface area contributed by atoms with Crippen molar-refractivity contribution in [1.82, 2.24) is 9.55 Å². The Hall–Kier alpha value is -1.66. The van der Waals surface area contributed by atoms with Gasteiger partial charge in [-0.1, -0.05) is 0 Å². The van der Waals surface area contributed by atoms with Gasteiger partial charge in [-0.25, -0.2) is 4.98 Å². The molecule has 0 bridgehead atoms. The summed E-state index contributed by atoms with van der Waals surface area (Å²) in [5.41, 5.74) is 1.00. The molecule has 0 spiro atoms. The molecule has 2 aromatic heterocycles. The van der Waals surface area contributed by atoms with Crippen LogP contribution in [0.25, 0.3) is 0 Å². The third kappa shape index (κ3) is 2.93. The van der Waals surface area contributed by atoms with Crippen LogP contribution in [0.1, 0.15) is 36.3 Å². The van der Waals surface area contributed by atoms with Crippen LogP contribution in [0.4, 0.5) is 5.13 Å². The topological polar surface area (TPSA) is 56.1 Å². The summed E-state index contributed by atoms with van der Waals surface area (Å²) >= 11 is 1.63. The van der Waals surface area contributed by atoms with Gasteiger partial charge in [0.2, 0.25) is 5.91 Å². The number of anilines is 1. The molecule has 1 aliphatic heterocycles. The van der Waals surface area contributed by atoms with Crippen LogP contribution < -0.4 is 5.32 Å². The van der Waals surface area contributed by atoms with Crippen LogP contribution in [0.2, 0.25) is 0 Å². The fourth-order valence-corrected chi connectivity index (χ4v) is 4.70. The van der Waals surface area contributed by atoms with E-state index in [0.717, 1.165) is 30.8 Å². The normalized spacial score (nSPS) is 19.5. The minimum Gasteiger partial charge on any atom is -0.381 e.